The molecule has 0 bridgehead atoms. The van der Waals surface area contributed by atoms with Crippen molar-refractivity contribution in [3.05, 3.63) is 29.8 Å². The Morgan fingerprint density at radius 2 is 1.71 bits per heavy atom. The molecule has 3 rings (SSSR count). The topological polar surface area (TPSA) is 97.4 Å². The summed E-state index contributed by atoms with van der Waals surface area (Å²) >= 11 is 0. The molecule has 1 aromatic carbocycles. The van der Waals surface area contributed by atoms with Crippen LogP contribution >= 0.6 is 0 Å². The van der Waals surface area contributed by atoms with E-state index in [1.165, 1.54) is 0 Å². The van der Waals surface area contributed by atoms with Crippen molar-refractivity contribution in [1.29, 1.82) is 0 Å². The van der Waals surface area contributed by atoms with Gasteiger partial charge in [0.15, 0.2) is 0 Å². The predicted octanol–water partition coefficient (Wildman–Crippen LogP) is 2.90. The van der Waals surface area contributed by atoms with Gasteiger partial charge in [0, 0.05) is 37.8 Å². The lowest BCUT2D eigenvalue weighted by molar-refractivity contribution is -0.157. The van der Waals surface area contributed by atoms with E-state index in [-0.39, 0.29) is 12.3 Å². The van der Waals surface area contributed by atoms with Crippen LogP contribution in [-0.2, 0) is 30.2 Å². The lowest BCUT2D eigenvalue weighted by Gasteiger charge is -2.37. The minimum Gasteiger partial charge on any atom is -0.458 e. The Balaban J connectivity index is 1.65. The van der Waals surface area contributed by atoms with Gasteiger partial charge in [-0.3, -0.25) is 9.69 Å². The van der Waals surface area contributed by atoms with Gasteiger partial charge >= 0.3 is 12.1 Å². The number of piperazine rings is 1. The highest BCUT2D eigenvalue weighted by Gasteiger charge is 2.32. The molecule has 9 nitrogen and oxygen atoms in total. The Hall–Kier alpha value is -2.65. The Kier molecular flexibility index (Phi) is 8.43. The zero-order valence-electron chi connectivity index (χ0n) is 21.8. The first-order valence-corrected chi connectivity index (χ1v) is 12.2. The second-order valence-electron chi connectivity index (χ2n) is 11.1. The summed E-state index contributed by atoms with van der Waals surface area (Å²) in [6.07, 6.45) is 0.525. The largest absolute Gasteiger partial charge is 0.458 e. The van der Waals surface area contributed by atoms with Gasteiger partial charge in [0.25, 0.3) is 0 Å². The number of esters is 1. The number of alkyl carbamates (subject to hydrolysis) is 1. The zero-order valence-corrected chi connectivity index (χ0v) is 21.8. The molecule has 2 fully saturated rings. The molecule has 2 heterocycles. The smallest absolute Gasteiger partial charge is 0.408 e. The molecule has 0 aliphatic carbocycles. The third kappa shape index (κ3) is 8.21. The number of nitrogens with one attached hydrogen (secondary N) is 1. The Bertz CT molecular complexity index is 897. The molecule has 2 atom stereocenters. The number of benzene rings is 1. The average Bonchev–Trinajstić information content (AvgIpc) is 3.26. The van der Waals surface area contributed by atoms with Gasteiger partial charge in [0.2, 0.25) is 5.91 Å². The number of amides is 2. The number of rotatable bonds is 6. The van der Waals surface area contributed by atoms with Crippen molar-refractivity contribution in [3.63, 3.8) is 0 Å². The summed E-state index contributed by atoms with van der Waals surface area (Å²) < 4.78 is 16.3. The summed E-state index contributed by atoms with van der Waals surface area (Å²) in [5.41, 5.74) is 0.262. The maximum absolute atomic E-state index is 12.8. The van der Waals surface area contributed by atoms with Gasteiger partial charge in [-0.1, -0.05) is 12.1 Å². The highest BCUT2D eigenvalue weighted by atomic mass is 16.6. The van der Waals surface area contributed by atoms with Crippen LogP contribution in [0.25, 0.3) is 0 Å². The Labute approximate surface area is 208 Å². The molecule has 0 radical (unpaired) electrons. The maximum atomic E-state index is 12.8. The number of ether oxygens (including phenoxy) is 3. The fourth-order valence-corrected chi connectivity index (χ4v) is 4.15. The van der Waals surface area contributed by atoms with Gasteiger partial charge < -0.3 is 24.4 Å². The van der Waals surface area contributed by atoms with Gasteiger partial charge in [-0.05, 0) is 65.7 Å². The monoisotopic (exact) mass is 489 g/mol. The van der Waals surface area contributed by atoms with Gasteiger partial charge in [-0.15, -0.1) is 0 Å². The van der Waals surface area contributed by atoms with Crippen LogP contribution in [0.15, 0.2) is 24.3 Å². The Morgan fingerprint density at radius 1 is 1.06 bits per heavy atom. The van der Waals surface area contributed by atoms with Crippen LogP contribution in [-0.4, -0.2) is 79.0 Å². The van der Waals surface area contributed by atoms with Gasteiger partial charge in [0.1, 0.15) is 17.2 Å². The minimum atomic E-state index is -0.909. The molecule has 0 aromatic heterocycles. The molecule has 1 aromatic rings. The highest BCUT2D eigenvalue weighted by molar-refractivity contribution is 5.95. The normalized spacial score (nSPS) is 20.5. The van der Waals surface area contributed by atoms with Crippen molar-refractivity contribution in [2.75, 3.05) is 37.7 Å². The summed E-state index contributed by atoms with van der Waals surface area (Å²) in [5, 5.41) is 2.65. The molecule has 2 amide bonds. The average molecular weight is 490 g/mol. The molecule has 9 heteroatoms. The first-order chi connectivity index (χ1) is 16.3. The van der Waals surface area contributed by atoms with Crippen molar-refractivity contribution >= 4 is 23.7 Å². The molecule has 194 valence electrons. The fourth-order valence-electron chi connectivity index (χ4n) is 4.15. The first kappa shape index (κ1) is 26.9. The Morgan fingerprint density at radius 3 is 2.26 bits per heavy atom. The van der Waals surface area contributed by atoms with E-state index in [1.807, 2.05) is 24.3 Å². The van der Waals surface area contributed by atoms with Crippen LogP contribution in [0, 0.1) is 0 Å². The lowest BCUT2D eigenvalue weighted by Crippen LogP contribution is -2.54. The zero-order chi connectivity index (χ0) is 25.8. The first-order valence-electron chi connectivity index (χ1n) is 12.2. The van der Waals surface area contributed by atoms with Crippen molar-refractivity contribution in [2.45, 2.75) is 77.7 Å². The standard InChI is InChI=1S/C26H39N3O6/c1-25(2,3)34-23(31)21(27-24(32)35-26(4,5)6)15-18-7-9-19(10-8-18)29-13-12-28(16-22(29)30)20-11-14-33-17-20/h7-10,20-21H,11-17H2,1-6H3,(H,27,32)/t20?,21-/m0/s1. The summed E-state index contributed by atoms with van der Waals surface area (Å²) in [4.78, 5) is 42.0. The number of hydrogen-bond acceptors (Lipinski definition) is 7. The number of carbonyl (C=O) groups excluding carboxylic acids is 3. The third-order valence-corrected chi connectivity index (χ3v) is 5.74. The molecule has 2 saturated heterocycles. The SMILES string of the molecule is CC(C)(C)OC(=O)N[C@@H](Cc1ccc(N2CCN(C3CCOC3)CC2=O)cc1)C(=O)OC(C)(C)C. The van der Waals surface area contributed by atoms with E-state index in [4.69, 9.17) is 14.2 Å². The van der Waals surface area contributed by atoms with Gasteiger partial charge in [-0.2, -0.15) is 0 Å². The number of nitrogens with zero attached hydrogens (tertiary/aromatic N) is 2. The van der Waals surface area contributed by atoms with Crippen LogP contribution in [0.4, 0.5) is 10.5 Å². The van der Waals surface area contributed by atoms with Crippen LogP contribution in [0.3, 0.4) is 0 Å². The van der Waals surface area contributed by atoms with E-state index < -0.39 is 29.3 Å². The second-order valence-corrected chi connectivity index (χ2v) is 11.1. The van der Waals surface area contributed by atoms with E-state index in [0.29, 0.717) is 25.7 Å². The van der Waals surface area contributed by atoms with Crippen LogP contribution in [0.1, 0.15) is 53.5 Å². The van der Waals surface area contributed by atoms with Crippen LogP contribution in [0.5, 0.6) is 0 Å². The van der Waals surface area contributed by atoms with Crippen molar-refractivity contribution in [1.82, 2.24) is 10.2 Å². The molecule has 1 N–H and O–H groups in total. The third-order valence-electron chi connectivity index (χ3n) is 5.74. The quantitative estimate of drug-likeness (QED) is 0.614. The lowest BCUT2D eigenvalue weighted by atomic mass is 10.0. The van der Waals surface area contributed by atoms with E-state index >= 15 is 0 Å². The number of hydrogen-bond donors (Lipinski definition) is 1. The molecule has 2 aliphatic rings. The van der Waals surface area contributed by atoms with E-state index in [0.717, 1.165) is 30.8 Å². The molecular weight excluding hydrogens is 450 g/mol. The van der Waals surface area contributed by atoms with Crippen molar-refractivity contribution in [2.24, 2.45) is 0 Å². The molecule has 2 aliphatic heterocycles. The molecular formula is C26H39N3O6. The summed E-state index contributed by atoms with van der Waals surface area (Å²) in [7, 11) is 0. The summed E-state index contributed by atoms with van der Waals surface area (Å²) in [6, 6.07) is 6.91. The highest BCUT2D eigenvalue weighted by Crippen LogP contribution is 2.22. The number of anilines is 1. The van der Waals surface area contributed by atoms with Crippen LogP contribution in [0.2, 0.25) is 0 Å². The fraction of sp³-hybridized carbons (Fsp3) is 0.654. The van der Waals surface area contributed by atoms with Crippen LogP contribution < -0.4 is 10.2 Å². The molecule has 0 saturated carbocycles. The molecule has 35 heavy (non-hydrogen) atoms. The van der Waals surface area contributed by atoms with E-state index in [9.17, 15) is 14.4 Å². The second kappa shape index (κ2) is 11.0. The predicted molar refractivity (Wildman–Crippen MR) is 132 cm³/mol. The molecule has 1 unspecified atom stereocenters. The van der Waals surface area contributed by atoms with E-state index in [1.54, 1.807) is 46.4 Å². The van der Waals surface area contributed by atoms with Crippen molar-refractivity contribution < 1.29 is 28.6 Å². The van der Waals surface area contributed by atoms with Gasteiger partial charge in [0.05, 0.1) is 13.2 Å². The number of carbonyl (C=O) groups is 3. The summed E-state index contributed by atoms with van der Waals surface area (Å²) in [6.45, 7) is 13.9. The van der Waals surface area contributed by atoms with E-state index in [2.05, 4.69) is 10.2 Å². The maximum Gasteiger partial charge on any atom is 0.408 e. The summed E-state index contributed by atoms with van der Waals surface area (Å²) in [5.74, 6) is -0.469. The van der Waals surface area contributed by atoms with Crippen molar-refractivity contribution in [3.8, 4) is 0 Å². The molecule has 0 spiro atoms. The minimum absolute atomic E-state index is 0.0640. The van der Waals surface area contributed by atoms with Gasteiger partial charge in [-0.25, -0.2) is 9.59 Å².